The number of morpholine rings is 2. The van der Waals surface area contributed by atoms with Crippen molar-refractivity contribution >= 4 is 35.8 Å². The van der Waals surface area contributed by atoms with Crippen LogP contribution in [0.15, 0.2) is 4.99 Å². The van der Waals surface area contributed by atoms with Gasteiger partial charge in [-0.15, -0.1) is 24.0 Å². The first kappa shape index (κ1) is 26.6. The fourth-order valence-electron chi connectivity index (χ4n) is 4.20. The lowest BCUT2D eigenvalue weighted by atomic mass is 10.1. The zero-order valence-electron chi connectivity index (χ0n) is 19.3. The zero-order chi connectivity index (χ0) is 21.2. The molecular weight excluding hydrogens is 511 g/mol. The van der Waals surface area contributed by atoms with Crippen molar-refractivity contribution in [3.63, 3.8) is 0 Å². The summed E-state index contributed by atoms with van der Waals surface area (Å²) < 4.78 is 10.9. The second kappa shape index (κ2) is 14.5. The quantitative estimate of drug-likeness (QED) is 0.197. The third-order valence-corrected chi connectivity index (χ3v) is 6.11. The second-order valence-corrected chi connectivity index (χ2v) is 8.68. The van der Waals surface area contributed by atoms with Gasteiger partial charge in [0.1, 0.15) is 6.54 Å². The molecule has 3 aliphatic heterocycles. The summed E-state index contributed by atoms with van der Waals surface area (Å²) in [5.74, 6) is 1.57. The summed E-state index contributed by atoms with van der Waals surface area (Å²) >= 11 is 0. The minimum absolute atomic E-state index is 0. The number of likely N-dealkylation sites (N-methyl/N-ethyl adjacent to an activating group) is 1. The van der Waals surface area contributed by atoms with Crippen LogP contribution in [0.25, 0.3) is 0 Å². The number of amides is 1. The summed E-state index contributed by atoms with van der Waals surface area (Å²) in [6, 6.07) is 0. The minimum Gasteiger partial charge on any atom is -0.379 e. The van der Waals surface area contributed by atoms with E-state index >= 15 is 0 Å². The molecule has 0 aliphatic carbocycles. The number of aliphatic imine (C=N–C) groups is 1. The molecule has 3 saturated heterocycles. The van der Waals surface area contributed by atoms with E-state index in [9.17, 15) is 4.79 Å². The van der Waals surface area contributed by atoms with Gasteiger partial charge in [0.15, 0.2) is 5.96 Å². The Morgan fingerprint density at radius 1 is 1.03 bits per heavy atom. The first-order chi connectivity index (χ1) is 14.6. The molecule has 31 heavy (non-hydrogen) atoms. The lowest BCUT2D eigenvalue weighted by Crippen LogP contribution is -2.44. The number of ether oxygens (including phenoxy) is 2. The number of nitrogens with zero attached hydrogens (tertiary/aromatic N) is 5. The molecule has 9 nitrogen and oxygen atoms in total. The number of rotatable bonds is 8. The maximum absolute atomic E-state index is 12.1. The van der Waals surface area contributed by atoms with Crippen molar-refractivity contribution in [3.05, 3.63) is 0 Å². The lowest BCUT2D eigenvalue weighted by molar-refractivity contribution is -0.127. The van der Waals surface area contributed by atoms with Gasteiger partial charge in [-0.1, -0.05) is 0 Å². The molecule has 0 aromatic rings. The van der Waals surface area contributed by atoms with Gasteiger partial charge in [-0.25, -0.2) is 4.99 Å². The lowest BCUT2D eigenvalue weighted by Gasteiger charge is -2.29. The summed E-state index contributed by atoms with van der Waals surface area (Å²) in [6.07, 6.45) is 2.24. The van der Waals surface area contributed by atoms with Gasteiger partial charge in [0.2, 0.25) is 5.91 Å². The van der Waals surface area contributed by atoms with Crippen molar-refractivity contribution in [1.82, 2.24) is 24.9 Å². The third-order valence-electron chi connectivity index (χ3n) is 6.11. The highest BCUT2D eigenvalue weighted by atomic mass is 127. The Morgan fingerprint density at radius 2 is 1.68 bits per heavy atom. The van der Waals surface area contributed by atoms with E-state index in [-0.39, 0.29) is 36.4 Å². The van der Waals surface area contributed by atoms with Crippen LogP contribution < -0.4 is 5.32 Å². The molecule has 180 valence electrons. The van der Waals surface area contributed by atoms with Gasteiger partial charge in [0.25, 0.3) is 0 Å². The van der Waals surface area contributed by atoms with Crippen molar-refractivity contribution in [1.29, 1.82) is 0 Å². The molecule has 1 amide bonds. The van der Waals surface area contributed by atoms with Gasteiger partial charge < -0.3 is 24.6 Å². The van der Waals surface area contributed by atoms with E-state index in [2.05, 4.69) is 25.0 Å². The number of hydrogen-bond donors (Lipinski definition) is 1. The summed E-state index contributed by atoms with van der Waals surface area (Å²) in [5, 5.41) is 3.53. The topological polar surface area (TPSA) is 72.9 Å². The first-order valence-electron chi connectivity index (χ1n) is 11.5. The maximum Gasteiger partial charge on any atom is 0.243 e. The largest absolute Gasteiger partial charge is 0.379 e. The molecule has 3 rings (SSSR count). The van der Waals surface area contributed by atoms with Gasteiger partial charge in [-0.3, -0.25) is 14.6 Å². The van der Waals surface area contributed by atoms with E-state index in [0.717, 1.165) is 97.7 Å². The van der Waals surface area contributed by atoms with Crippen LogP contribution in [0.1, 0.15) is 12.8 Å². The van der Waals surface area contributed by atoms with E-state index in [1.807, 2.05) is 0 Å². The van der Waals surface area contributed by atoms with Crippen LogP contribution >= 0.6 is 24.0 Å². The van der Waals surface area contributed by atoms with E-state index in [1.165, 1.54) is 6.42 Å². The number of carbonyl (C=O) groups is 1. The van der Waals surface area contributed by atoms with Gasteiger partial charge >= 0.3 is 0 Å². The Labute approximate surface area is 204 Å². The van der Waals surface area contributed by atoms with E-state index in [1.54, 1.807) is 19.0 Å². The number of guanidine groups is 1. The fraction of sp³-hybridized carbons (Fsp3) is 0.905. The van der Waals surface area contributed by atoms with Crippen molar-refractivity contribution < 1.29 is 14.3 Å². The predicted octanol–water partition coefficient (Wildman–Crippen LogP) is 0.0146. The Bertz CT molecular complexity index is 553. The van der Waals surface area contributed by atoms with E-state index in [4.69, 9.17) is 9.47 Å². The average Bonchev–Trinajstić information content (AvgIpc) is 3.22. The summed E-state index contributed by atoms with van der Waals surface area (Å²) in [6.45, 7) is 12.8. The maximum atomic E-state index is 12.1. The molecule has 1 unspecified atom stereocenters. The Balaban J connectivity index is 0.00000341. The molecule has 1 atom stereocenters. The van der Waals surface area contributed by atoms with Crippen molar-refractivity contribution in [2.75, 3.05) is 106 Å². The van der Waals surface area contributed by atoms with Gasteiger partial charge in [-0.2, -0.15) is 0 Å². The van der Waals surface area contributed by atoms with Crippen LogP contribution in [0.2, 0.25) is 0 Å². The molecular formula is C21H41IN6O3. The van der Waals surface area contributed by atoms with Crippen LogP contribution in [0.4, 0.5) is 0 Å². The predicted molar refractivity (Wildman–Crippen MR) is 133 cm³/mol. The van der Waals surface area contributed by atoms with Crippen LogP contribution in [0, 0.1) is 5.92 Å². The Kier molecular flexibility index (Phi) is 12.4. The number of likely N-dealkylation sites (tertiary alicyclic amines) is 1. The standard InChI is InChI=1S/C21H40N6O3.HI/c1-24(2)20(28)16-23-21(22-5-3-6-25-8-12-29-13-9-25)27-7-4-19(18-27)17-26-10-14-30-15-11-26;/h19H,3-18H2,1-2H3,(H,22,23);1H. The van der Waals surface area contributed by atoms with E-state index < -0.39 is 0 Å². The Morgan fingerprint density at radius 3 is 2.32 bits per heavy atom. The second-order valence-electron chi connectivity index (χ2n) is 8.68. The molecule has 0 bridgehead atoms. The molecule has 3 heterocycles. The number of carbonyl (C=O) groups excluding carboxylic acids is 1. The molecule has 0 radical (unpaired) electrons. The number of halogens is 1. The third kappa shape index (κ3) is 9.37. The smallest absolute Gasteiger partial charge is 0.243 e. The summed E-state index contributed by atoms with van der Waals surface area (Å²) in [7, 11) is 3.56. The molecule has 0 aromatic heterocycles. The number of nitrogens with one attached hydrogen (secondary N) is 1. The van der Waals surface area contributed by atoms with Crippen LogP contribution in [-0.4, -0.2) is 137 Å². The summed E-state index contributed by atoms with van der Waals surface area (Å²) in [5.41, 5.74) is 0. The number of hydrogen-bond acceptors (Lipinski definition) is 6. The van der Waals surface area contributed by atoms with Crippen molar-refractivity contribution in [3.8, 4) is 0 Å². The highest BCUT2D eigenvalue weighted by molar-refractivity contribution is 14.0. The highest BCUT2D eigenvalue weighted by Crippen LogP contribution is 2.18. The van der Waals surface area contributed by atoms with Gasteiger partial charge in [0, 0.05) is 66.5 Å². The average molecular weight is 553 g/mol. The zero-order valence-corrected chi connectivity index (χ0v) is 21.6. The SMILES string of the molecule is CN(C)C(=O)CN=C(NCCCN1CCOCC1)N1CCC(CN2CCOCC2)C1.I. The van der Waals surface area contributed by atoms with Crippen LogP contribution in [0.5, 0.6) is 0 Å². The molecule has 3 fully saturated rings. The van der Waals surface area contributed by atoms with Crippen LogP contribution in [-0.2, 0) is 14.3 Å². The summed E-state index contributed by atoms with van der Waals surface area (Å²) in [4.78, 5) is 25.6. The molecule has 10 heteroatoms. The van der Waals surface area contributed by atoms with Crippen molar-refractivity contribution in [2.24, 2.45) is 10.9 Å². The molecule has 0 saturated carbocycles. The van der Waals surface area contributed by atoms with Crippen molar-refractivity contribution in [2.45, 2.75) is 12.8 Å². The first-order valence-corrected chi connectivity index (χ1v) is 11.5. The molecule has 3 aliphatic rings. The van der Waals surface area contributed by atoms with Gasteiger partial charge in [-0.05, 0) is 25.3 Å². The molecule has 1 N–H and O–H groups in total. The normalized spacial score (nSPS) is 23.5. The highest BCUT2D eigenvalue weighted by Gasteiger charge is 2.27. The van der Waals surface area contributed by atoms with Crippen LogP contribution in [0.3, 0.4) is 0 Å². The molecule has 0 spiro atoms. The monoisotopic (exact) mass is 552 g/mol. The minimum atomic E-state index is 0. The molecule has 0 aromatic carbocycles. The van der Waals surface area contributed by atoms with E-state index in [0.29, 0.717) is 5.92 Å². The Hall–Kier alpha value is -0.690. The van der Waals surface area contributed by atoms with Gasteiger partial charge in [0.05, 0.1) is 26.4 Å². The fourth-order valence-corrected chi connectivity index (χ4v) is 4.20.